The predicted molar refractivity (Wildman–Crippen MR) is 160 cm³/mol. The van der Waals surface area contributed by atoms with Crippen LogP contribution in [0, 0.1) is 17.8 Å². The number of allylic oxidation sites excluding steroid dienone is 5. The van der Waals surface area contributed by atoms with Gasteiger partial charge in [-0.3, -0.25) is 4.79 Å². The van der Waals surface area contributed by atoms with Gasteiger partial charge in [0.25, 0.3) is 0 Å². The minimum Gasteiger partial charge on any atom is -0.439 e. The van der Waals surface area contributed by atoms with Gasteiger partial charge in [-0.2, -0.15) is 0 Å². The number of hydrogen-bond donors (Lipinski definition) is 4. The van der Waals surface area contributed by atoms with Gasteiger partial charge in [-0.25, -0.2) is 4.79 Å². The Labute approximate surface area is 247 Å². The Morgan fingerprint density at radius 2 is 1.78 bits per heavy atom. The highest BCUT2D eigenvalue weighted by Gasteiger charge is 2.44. The summed E-state index contributed by atoms with van der Waals surface area (Å²) in [4.78, 5) is 25.3. The molecule has 0 aliphatic carbocycles. The van der Waals surface area contributed by atoms with E-state index in [-0.39, 0.29) is 48.9 Å². The fourth-order valence-corrected chi connectivity index (χ4v) is 4.62. The molecule has 1 aliphatic rings. The second-order valence-corrected chi connectivity index (χ2v) is 11.7. The van der Waals surface area contributed by atoms with Crippen LogP contribution in [-0.2, 0) is 19.0 Å². The number of aliphatic hydroxyl groups excluding tert-OH is 2. The molecule has 1 amide bonds. The van der Waals surface area contributed by atoms with Gasteiger partial charge in [0.05, 0.1) is 31.0 Å². The minimum atomic E-state index is -1.45. The molecule has 1 aliphatic heterocycles. The summed E-state index contributed by atoms with van der Waals surface area (Å²) in [6, 6.07) is 0. The maximum Gasteiger partial charge on any atom is 0.407 e. The molecule has 9 atom stereocenters. The number of carbonyl (C=O) groups excluding carboxylic acids is 2. The van der Waals surface area contributed by atoms with Crippen molar-refractivity contribution >= 4 is 11.9 Å². The van der Waals surface area contributed by atoms with Crippen LogP contribution in [0.15, 0.2) is 36.0 Å². The number of methoxy groups -OCH3 is 1. The number of ether oxygens (including phenoxy) is 3. The number of epoxide rings is 1. The lowest BCUT2D eigenvalue weighted by Crippen LogP contribution is -2.44. The van der Waals surface area contributed by atoms with Crippen LogP contribution in [0.4, 0.5) is 4.79 Å². The summed E-state index contributed by atoms with van der Waals surface area (Å²) in [7, 11) is 1.52. The summed E-state index contributed by atoms with van der Waals surface area (Å²) in [6.45, 7) is 13.6. The molecule has 9 heteroatoms. The maximum absolute atomic E-state index is 13.0. The summed E-state index contributed by atoms with van der Waals surface area (Å²) >= 11 is 0. The summed E-state index contributed by atoms with van der Waals surface area (Å²) in [5, 5.41) is 33.7. The monoisotopic (exact) mass is 581 g/mol. The van der Waals surface area contributed by atoms with Gasteiger partial charge in [0.2, 0.25) is 0 Å². The van der Waals surface area contributed by atoms with Crippen LogP contribution in [0.5, 0.6) is 0 Å². The molecule has 0 spiro atoms. The number of alkyl carbamates (subject to hydrolysis) is 1. The van der Waals surface area contributed by atoms with E-state index in [4.69, 9.17) is 14.2 Å². The smallest absolute Gasteiger partial charge is 0.407 e. The van der Waals surface area contributed by atoms with Crippen molar-refractivity contribution in [2.75, 3.05) is 20.3 Å². The van der Waals surface area contributed by atoms with Gasteiger partial charge in [-0.15, -0.1) is 0 Å². The zero-order chi connectivity index (χ0) is 31.2. The van der Waals surface area contributed by atoms with E-state index in [1.165, 1.54) is 7.11 Å². The van der Waals surface area contributed by atoms with Crippen molar-refractivity contribution in [2.24, 2.45) is 17.8 Å². The van der Waals surface area contributed by atoms with E-state index in [2.05, 4.69) is 12.2 Å². The third-order valence-corrected chi connectivity index (χ3v) is 7.81. The molecule has 0 aromatic rings. The quantitative estimate of drug-likeness (QED) is 0.0542. The van der Waals surface area contributed by atoms with Crippen molar-refractivity contribution in [2.45, 2.75) is 117 Å². The van der Waals surface area contributed by atoms with Crippen LogP contribution in [0.25, 0.3) is 0 Å². The van der Waals surface area contributed by atoms with Crippen molar-refractivity contribution in [1.29, 1.82) is 0 Å². The SMILES string of the molecule is CCC(O)CCC(C)(O)C(/C=C/C(C)C(=O)/C(C)=C/C=C/C(C)CC1OC1C(C)C(O)CC)OC(=O)NCCOC. The predicted octanol–water partition coefficient (Wildman–Crippen LogP) is 4.49. The maximum atomic E-state index is 13.0. The largest absolute Gasteiger partial charge is 0.439 e. The second kappa shape index (κ2) is 18.5. The summed E-state index contributed by atoms with van der Waals surface area (Å²) < 4.78 is 16.2. The van der Waals surface area contributed by atoms with E-state index in [1.807, 2.05) is 32.9 Å². The summed E-state index contributed by atoms with van der Waals surface area (Å²) in [5.74, 6) is -0.217. The van der Waals surface area contributed by atoms with Gasteiger partial charge in [-0.05, 0) is 63.5 Å². The highest BCUT2D eigenvalue weighted by molar-refractivity contribution is 5.97. The van der Waals surface area contributed by atoms with Crippen molar-refractivity contribution in [3.05, 3.63) is 36.0 Å². The molecule has 236 valence electrons. The van der Waals surface area contributed by atoms with Crippen LogP contribution in [0.3, 0.4) is 0 Å². The Balaban J connectivity index is 2.78. The van der Waals surface area contributed by atoms with Crippen LogP contribution in [-0.4, -0.2) is 83.6 Å². The van der Waals surface area contributed by atoms with E-state index in [0.717, 1.165) is 12.8 Å². The molecule has 1 rings (SSSR count). The first kappa shape index (κ1) is 37.0. The zero-order valence-corrected chi connectivity index (χ0v) is 26.3. The third kappa shape index (κ3) is 13.7. The summed E-state index contributed by atoms with van der Waals surface area (Å²) in [6.07, 6.45) is 9.20. The van der Waals surface area contributed by atoms with Gasteiger partial charge < -0.3 is 34.8 Å². The molecule has 0 bridgehead atoms. The topological polar surface area (TPSA) is 138 Å². The number of aliphatic hydroxyl groups is 3. The van der Waals surface area contributed by atoms with Crippen molar-refractivity contribution in [3.8, 4) is 0 Å². The summed E-state index contributed by atoms with van der Waals surface area (Å²) in [5.41, 5.74) is -0.868. The molecule has 0 aromatic heterocycles. The normalized spacial score (nSPS) is 23.4. The number of carbonyl (C=O) groups is 2. The van der Waals surface area contributed by atoms with Gasteiger partial charge in [0.15, 0.2) is 11.9 Å². The number of amides is 1. The van der Waals surface area contributed by atoms with Crippen LogP contribution >= 0.6 is 0 Å². The van der Waals surface area contributed by atoms with Gasteiger partial charge in [0, 0.05) is 25.5 Å². The van der Waals surface area contributed by atoms with Crippen molar-refractivity contribution in [3.63, 3.8) is 0 Å². The van der Waals surface area contributed by atoms with E-state index >= 15 is 0 Å². The molecule has 0 saturated carbocycles. The highest BCUT2D eigenvalue weighted by atomic mass is 16.6. The standard InChI is InChI=1S/C32H55NO8/c1-9-25(34)16-17-32(7,38)28(41-31(37)33-18-19-39-8)15-14-23(5)29(36)22(4)13-11-12-21(3)20-27-30(40-27)24(6)26(35)10-2/h11-15,21,23-28,30,34-35,38H,9-10,16-20H2,1-8H3,(H,33,37)/b12-11+,15-14+,22-13+. The van der Waals surface area contributed by atoms with E-state index in [1.54, 1.807) is 39.0 Å². The highest BCUT2D eigenvalue weighted by Crippen LogP contribution is 2.36. The number of hydrogen-bond acceptors (Lipinski definition) is 8. The zero-order valence-electron chi connectivity index (χ0n) is 26.3. The molecular formula is C32H55NO8. The first-order valence-electron chi connectivity index (χ1n) is 15.0. The molecule has 0 radical (unpaired) electrons. The molecule has 0 aromatic carbocycles. The van der Waals surface area contributed by atoms with Crippen LogP contribution < -0.4 is 5.32 Å². The number of rotatable bonds is 20. The molecule has 9 nitrogen and oxygen atoms in total. The molecule has 1 saturated heterocycles. The molecule has 1 heterocycles. The Bertz CT molecular complexity index is 883. The molecule has 1 fully saturated rings. The first-order chi connectivity index (χ1) is 19.3. The molecule has 4 N–H and O–H groups in total. The number of Topliss-reactive ketones (excluding diaryl/α,β-unsaturated/α-hetero) is 1. The Hall–Kier alpha value is -2.04. The Morgan fingerprint density at radius 3 is 2.39 bits per heavy atom. The lowest BCUT2D eigenvalue weighted by Gasteiger charge is -2.31. The second-order valence-electron chi connectivity index (χ2n) is 11.7. The van der Waals surface area contributed by atoms with Crippen LogP contribution in [0.1, 0.15) is 80.6 Å². The van der Waals surface area contributed by atoms with Gasteiger partial charge >= 0.3 is 6.09 Å². The minimum absolute atomic E-state index is 0.0872. The molecule has 41 heavy (non-hydrogen) atoms. The number of nitrogens with one attached hydrogen (secondary N) is 1. The Kier molecular flexibility index (Phi) is 16.7. The first-order valence-corrected chi connectivity index (χ1v) is 15.0. The third-order valence-electron chi connectivity index (χ3n) is 7.81. The number of ketones is 1. The Morgan fingerprint density at radius 1 is 1.10 bits per heavy atom. The van der Waals surface area contributed by atoms with Crippen LogP contribution in [0.2, 0.25) is 0 Å². The molecule has 9 unspecified atom stereocenters. The van der Waals surface area contributed by atoms with E-state index < -0.39 is 29.8 Å². The van der Waals surface area contributed by atoms with Gasteiger partial charge in [0.1, 0.15) is 5.60 Å². The average molecular weight is 582 g/mol. The van der Waals surface area contributed by atoms with E-state index in [9.17, 15) is 24.9 Å². The van der Waals surface area contributed by atoms with Crippen molar-refractivity contribution in [1.82, 2.24) is 5.32 Å². The lowest BCUT2D eigenvalue weighted by molar-refractivity contribution is -0.117. The van der Waals surface area contributed by atoms with E-state index in [0.29, 0.717) is 25.0 Å². The molecular weight excluding hydrogens is 526 g/mol. The van der Waals surface area contributed by atoms with Gasteiger partial charge in [-0.1, -0.05) is 58.9 Å². The fourth-order valence-electron chi connectivity index (χ4n) is 4.62. The fraction of sp³-hybridized carbons (Fsp3) is 0.750. The average Bonchev–Trinajstić information content (AvgIpc) is 3.70. The van der Waals surface area contributed by atoms with Crippen molar-refractivity contribution < 1.29 is 39.1 Å². The lowest BCUT2D eigenvalue weighted by atomic mass is 9.89.